The molecule has 10 heteroatoms. The van der Waals surface area contributed by atoms with Crippen molar-refractivity contribution in [3.8, 4) is 0 Å². The Bertz CT molecular complexity index is 970. The summed E-state index contributed by atoms with van der Waals surface area (Å²) < 4.78 is 6.26. The first kappa shape index (κ1) is 24.2. The van der Waals surface area contributed by atoms with Crippen molar-refractivity contribution in [2.75, 3.05) is 18.1 Å². The topological polar surface area (TPSA) is 107 Å². The number of carboxylic acid groups (broad SMARTS) is 1. The Labute approximate surface area is 205 Å². The molecule has 3 saturated heterocycles. The first-order valence-corrected chi connectivity index (χ1v) is 12.2. The van der Waals surface area contributed by atoms with Crippen LogP contribution in [0.5, 0.6) is 0 Å². The van der Waals surface area contributed by atoms with E-state index in [1.807, 2.05) is 6.92 Å². The van der Waals surface area contributed by atoms with Crippen molar-refractivity contribution >= 4 is 51.0 Å². The van der Waals surface area contributed by atoms with Crippen LogP contribution in [0.15, 0.2) is 36.9 Å². The van der Waals surface area contributed by atoms with Crippen LogP contribution >= 0.6 is 27.5 Å². The Balaban J connectivity index is 1.84. The predicted molar refractivity (Wildman–Crippen MR) is 125 cm³/mol. The van der Waals surface area contributed by atoms with Gasteiger partial charge in [-0.1, -0.05) is 40.5 Å². The summed E-state index contributed by atoms with van der Waals surface area (Å²) in [6.07, 6.45) is 1.57. The van der Waals surface area contributed by atoms with Crippen LogP contribution in [-0.2, 0) is 19.1 Å². The zero-order valence-electron chi connectivity index (χ0n) is 18.1. The molecule has 3 aliphatic rings. The van der Waals surface area contributed by atoms with Crippen LogP contribution in [0.25, 0.3) is 0 Å². The Morgan fingerprint density at radius 2 is 2.09 bits per heavy atom. The van der Waals surface area contributed by atoms with Gasteiger partial charge in [0.25, 0.3) is 5.91 Å². The molecule has 0 radical (unpaired) electrons. The van der Waals surface area contributed by atoms with Crippen LogP contribution in [0.4, 0.5) is 5.69 Å². The van der Waals surface area contributed by atoms with E-state index >= 15 is 0 Å². The van der Waals surface area contributed by atoms with Gasteiger partial charge in [0.2, 0.25) is 5.91 Å². The quantitative estimate of drug-likeness (QED) is 0.387. The van der Waals surface area contributed by atoms with Gasteiger partial charge in [-0.05, 0) is 37.1 Å². The average molecular weight is 542 g/mol. The van der Waals surface area contributed by atoms with Gasteiger partial charge in [-0.3, -0.25) is 14.4 Å². The zero-order valence-corrected chi connectivity index (χ0v) is 20.4. The van der Waals surface area contributed by atoms with Gasteiger partial charge in [0.05, 0.1) is 30.6 Å². The van der Waals surface area contributed by atoms with E-state index in [1.54, 1.807) is 30.3 Å². The van der Waals surface area contributed by atoms with Gasteiger partial charge in [-0.2, -0.15) is 0 Å². The number of carboxylic acids is 1. The third kappa shape index (κ3) is 3.60. The average Bonchev–Trinajstić information content (AvgIpc) is 3.37. The fourth-order valence-corrected chi connectivity index (χ4v) is 6.73. The number of amides is 2. The molecule has 3 fully saturated rings. The molecule has 2 bridgehead atoms. The van der Waals surface area contributed by atoms with Gasteiger partial charge < -0.3 is 24.7 Å². The molecule has 8 nitrogen and oxygen atoms in total. The first-order chi connectivity index (χ1) is 15.7. The van der Waals surface area contributed by atoms with Crippen molar-refractivity contribution in [1.82, 2.24) is 4.90 Å². The molecule has 3 heterocycles. The van der Waals surface area contributed by atoms with Crippen LogP contribution in [0.1, 0.15) is 19.8 Å². The van der Waals surface area contributed by atoms with E-state index in [2.05, 4.69) is 22.5 Å². The monoisotopic (exact) mass is 540 g/mol. The molecule has 7 atom stereocenters. The summed E-state index contributed by atoms with van der Waals surface area (Å²) >= 11 is 9.54. The lowest BCUT2D eigenvalue weighted by Gasteiger charge is -2.39. The summed E-state index contributed by atoms with van der Waals surface area (Å²) in [5.74, 6) is -4.07. The number of aliphatic hydroxyl groups excluding tert-OH is 1. The summed E-state index contributed by atoms with van der Waals surface area (Å²) in [6.45, 7) is 5.38. The molecule has 0 aromatic heterocycles. The number of nitrogens with zero attached hydrogens (tertiary/aromatic N) is 2. The van der Waals surface area contributed by atoms with Gasteiger partial charge in [-0.15, -0.1) is 6.58 Å². The van der Waals surface area contributed by atoms with Crippen molar-refractivity contribution in [1.29, 1.82) is 0 Å². The normalized spacial score (nSPS) is 33.2. The number of anilines is 1. The molecule has 1 spiro atoms. The molecule has 33 heavy (non-hydrogen) atoms. The maximum Gasteiger partial charge on any atom is 0.310 e. The van der Waals surface area contributed by atoms with Crippen LogP contribution in [0.3, 0.4) is 0 Å². The third-order valence-electron chi connectivity index (χ3n) is 7.04. The summed E-state index contributed by atoms with van der Waals surface area (Å²) in [5.41, 5.74) is -0.740. The molecule has 0 saturated carbocycles. The number of hydrogen-bond donors (Lipinski definition) is 2. The van der Waals surface area contributed by atoms with Gasteiger partial charge in [-0.25, -0.2) is 0 Å². The smallest absolute Gasteiger partial charge is 0.310 e. The summed E-state index contributed by atoms with van der Waals surface area (Å²) in [4.78, 5) is 42.5. The molecule has 4 rings (SSSR count). The standard InChI is InChI=1S/C23H26BrClN2O6/c1-3-9-26(14-7-5-12(25)6-8-14)21(30)19-23-10-15(24)18(33-23)16(22(31)32)17(23)20(29)27(19)13(4-2)11-28/h3,5-8,13,15-19,28H,1,4,9-11H2,2H3,(H,31,32)/t13-,15?,16-,17-,18-,19?,23?/m0/s1. The highest BCUT2D eigenvalue weighted by molar-refractivity contribution is 9.09. The van der Waals surface area contributed by atoms with Crippen molar-refractivity contribution in [3.63, 3.8) is 0 Å². The second-order valence-electron chi connectivity index (χ2n) is 8.71. The molecule has 2 amide bonds. The molecule has 178 valence electrons. The van der Waals surface area contributed by atoms with Crippen molar-refractivity contribution < 1.29 is 29.3 Å². The largest absolute Gasteiger partial charge is 0.481 e. The fraction of sp³-hybridized carbons (Fsp3) is 0.522. The number of alkyl halides is 1. The highest BCUT2D eigenvalue weighted by Gasteiger charge is 2.77. The van der Waals surface area contributed by atoms with Crippen molar-refractivity contribution in [3.05, 3.63) is 41.9 Å². The van der Waals surface area contributed by atoms with Gasteiger partial charge in [0, 0.05) is 22.1 Å². The Morgan fingerprint density at radius 1 is 1.42 bits per heavy atom. The van der Waals surface area contributed by atoms with Crippen LogP contribution in [0.2, 0.25) is 5.02 Å². The molecule has 1 aromatic carbocycles. The van der Waals surface area contributed by atoms with E-state index < -0.39 is 53.4 Å². The Morgan fingerprint density at radius 3 is 2.64 bits per heavy atom. The minimum atomic E-state index is -1.30. The summed E-state index contributed by atoms with van der Waals surface area (Å²) in [5, 5.41) is 20.5. The van der Waals surface area contributed by atoms with Crippen LogP contribution in [0, 0.1) is 11.8 Å². The maximum absolute atomic E-state index is 14.1. The predicted octanol–water partition coefficient (Wildman–Crippen LogP) is 2.46. The number of benzene rings is 1. The number of likely N-dealkylation sites (tertiary alicyclic amines) is 1. The number of carbonyl (C=O) groups excluding carboxylic acids is 2. The maximum atomic E-state index is 14.1. The fourth-order valence-electron chi connectivity index (χ4n) is 5.66. The van der Waals surface area contributed by atoms with E-state index in [4.69, 9.17) is 16.3 Å². The molecular formula is C23H26BrClN2O6. The molecular weight excluding hydrogens is 516 g/mol. The van der Waals surface area contributed by atoms with Gasteiger partial charge in [0.15, 0.2) is 0 Å². The molecule has 3 unspecified atom stereocenters. The van der Waals surface area contributed by atoms with E-state index in [0.29, 0.717) is 23.6 Å². The van der Waals surface area contributed by atoms with E-state index in [0.717, 1.165) is 0 Å². The molecule has 0 aliphatic carbocycles. The lowest BCUT2D eigenvalue weighted by molar-refractivity contribution is -0.150. The number of aliphatic hydroxyl groups is 1. The highest BCUT2D eigenvalue weighted by Crippen LogP contribution is 2.60. The molecule has 2 N–H and O–H groups in total. The lowest BCUT2D eigenvalue weighted by atomic mass is 9.70. The van der Waals surface area contributed by atoms with E-state index in [9.17, 15) is 24.6 Å². The van der Waals surface area contributed by atoms with Gasteiger partial charge >= 0.3 is 5.97 Å². The number of carbonyl (C=O) groups is 3. The van der Waals surface area contributed by atoms with Crippen LogP contribution < -0.4 is 4.90 Å². The second-order valence-corrected chi connectivity index (χ2v) is 10.3. The minimum Gasteiger partial charge on any atom is -0.481 e. The Hall–Kier alpha value is -1.94. The number of halogens is 2. The highest BCUT2D eigenvalue weighted by atomic mass is 79.9. The lowest BCUT2D eigenvalue weighted by Crippen LogP contribution is -2.59. The van der Waals surface area contributed by atoms with Crippen molar-refractivity contribution in [2.24, 2.45) is 11.8 Å². The van der Waals surface area contributed by atoms with Crippen LogP contribution in [-0.4, -0.2) is 74.7 Å². The SMILES string of the molecule is C=CCN(C(=O)C1N([C@@H](CC)CO)C(=O)[C@@H]2[C@H](C(=O)O)[C@H]3OC12CC3Br)c1ccc(Cl)cc1. The number of fused-ring (bicyclic) bond motifs is 1. The van der Waals surface area contributed by atoms with E-state index in [-0.39, 0.29) is 18.0 Å². The Kier molecular flexibility index (Phi) is 6.61. The third-order valence-corrected chi connectivity index (χ3v) is 8.13. The number of ether oxygens (including phenoxy) is 1. The van der Waals surface area contributed by atoms with Crippen molar-refractivity contribution in [2.45, 2.75) is 48.4 Å². The molecule has 3 aliphatic heterocycles. The first-order valence-electron chi connectivity index (χ1n) is 10.9. The molecule has 1 aromatic rings. The summed E-state index contributed by atoms with van der Waals surface area (Å²) in [7, 11) is 0. The number of rotatable bonds is 8. The zero-order chi connectivity index (χ0) is 24.1. The minimum absolute atomic E-state index is 0.166. The van der Waals surface area contributed by atoms with E-state index in [1.165, 1.54) is 9.80 Å². The number of hydrogen-bond acceptors (Lipinski definition) is 5. The second kappa shape index (κ2) is 9.02. The summed E-state index contributed by atoms with van der Waals surface area (Å²) in [6, 6.07) is 4.99. The number of aliphatic carboxylic acids is 1. The van der Waals surface area contributed by atoms with Gasteiger partial charge in [0.1, 0.15) is 11.6 Å².